The minimum atomic E-state index is -1.04. The molecule has 7 heteroatoms. The van der Waals surface area contributed by atoms with Crippen molar-refractivity contribution in [3.05, 3.63) is 41.1 Å². The van der Waals surface area contributed by atoms with Gasteiger partial charge in [-0.2, -0.15) is 5.26 Å². The lowest BCUT2D eigenvalue weighted by molar-refractivity contribution is -0.144. The summed E-state index contributed by atoms with van der Waals surface area (Å²) in [5.74, 6) is -0.397. The summed E-state index contributed by atoms with van der Waals surface area (Å²) in [5.41, 5.74) is 9.48. The lowest BCUT2D eigenvalue weighted by Gasteiger charge is -2.21. The third-order valence-electron chi connectivity index (χ3n) is 4.06. The second-order valence-electron chi connectivity index (χ2n) is 5.71. The van der Waals surface area contributed by atoms with Crippen molar-refractivity contribution >= 4 is 11.8 Å². The number of pyridine rings is 1. The van der Waals surface area contributed by atoms with E-state index in [-0.39, 0.29) is 5.82 Å². The number of carboxylic acid groups (broad SMARTS) is 1. The van der Waals surface area contributed by atoms with Crippen molar-refractivity contribution in [1.82, 2.24) is 4.98 Å². The van der Waals surface area contributed by atoms with Crippen LogP contribution < -0.4 is 10.5 Å². The van der Waals surface area contributed by atoms with Crippen LogP contribution in [0.4, 0.5) is 5.82 Å². The highest BCUT2D eigenvalue weighted by Gasteiger charge is 2.22. The molecule has 7 nitrogen and oxygen atoms in total. The van der Waals surface area contributed by atoms with Crippen LogP contribution in [0.25, 0.3) is 11.1 Å². The van der Waals surface area contributed by atoms with E-state index in [4.69, 9.17) is 20.3 Å². The number of benzene rings is 1. The first-order valence-corrected chi connectivity index (χ1v) is 7.80. The van der Waals surface area contributed by atoms with Crippen molar-refractivity contribution in [3.8, 4) is 22.9 Å². The topological polar surface area (TPSA) is 118 Å². The highest BCUT2D eigenvalue weighted by atomic mass is 16.5. The summed E-state index contributed by atoms with van der Waals surface area (Å²) in [6.45, 7) is 2.41. The molecule has 2 heterocycles. The van der Waals surface area contributed by atoms with Crippen molar-refractivity contribution < 1.29 is 19.4 Å². The molecule has 0 fully saturated rings. The number of carboxylic acids is 1. The van der Waals surface area contributed by atoms with Crippen LogP contribution in [0.5, 0.6) is 5.75 Å². The SMILES string of the molecule is CC(Oc1ccc(-c2c(C#N)c(N)nc3c2COCC3)cc1)C(=O)O. The molecule has 0 amide bonds. The van der Waals surface area contributed by atoms with E-state index in [1.54, 1.807) is 24.3 Å². The number of fused-ring (bicyclic) bond motifs is 1. The number of nitrogens with two attached hydrogens (primary N) is 1. The van der Waals surface area contributed by atoms with E-state index in [2.05, 4.69) is 11.1 Å². The Labute approximate surface area is 144 Å². The normalized spacial score (nSPS) is 14.2. The van der Waals surface area contributed by atoms with E-state index in [0.717, 1.165) is 16.8 Å². The second kappa shape index (κ2) is 6.79. The van der Waals surface area contributed by atoms with E-state index in [1.165, 1.54) is 6.92 Å². The van der Waals surface area contributed by atoms with Gasteiger partial charge >= 0.3 is 5.97 Å². The molecule has 0 bridgehead atoms. The van der Waals surface area contributed by atoms with Crippen LogP contribution in [-0.2, 0) is 22.6 Å². The van der Waals surface area contributed by atoms with Crippen LogP contribution in [0.3, 0.4) is 0 Å². The Kier molecular flexibility index (Phi) is 4.55. The van der Waals surface area contributed by atoms with Gasteiger partial charge in [0, 0.05) is 17.5 Å². The van der Waals surface area contributed by atoms with Gasteiger partial charge in [-0.15, -0.1) is 0 Å². The van der Waals surface area contributed by atoms with E-state index >= 15 is 0 Å². The van der Waals surface area contributed by atoms with Crippen molar-refractivity contribution in [3.63, 3.8) is 0 Å². The lowest BCUT2D eigenvalue weighted by atomic mass is 9.93. The van der Waals surface area contributed by atoms with Gasteiger partial charge in [0.2, 0.25) is 0 Å². The van der Waals surface area contributed by atoms with Crippen LogP contribution in [-0.4, -0.2) is 28.8 Å². The van der Waals surface area contributed by atoms with Gasteiger partial charge in [0.25, 0.3) is 0 Å². The number of anilines is 1. The molecule has 3 rings (SSSR count). The highest BCUT2D eigenvalue weighted by molar-refractivity contribution is 5.79. The van der Waals surface area contributed by atoms with Gasteiger partial charge in [0.05, 0.1) is 18.9 Å². The number of hydrogen-bond acceptors (Lipinski definition) is 6. The van der Waals surface area contributed by atoms with Gasteiger partial charge in [-0.25, -0.2) is 9.78 Å². The molecule has 0 radical (unpaired) electrons. The van der Waals surface area contributed by atoms with Crippen LogP contribution in [0.1, 0.15) is 23.7 Å². The second-order valence-corrected chi connectivity index (χ2v) is 5.71. The summed E-state index contributed by atoms with van der Waals surface area (Å²) in [4.78, 5) is 15.2. The van der Waals surface area contributed by atoms with E-state index in [0.29, 0.717) is 36.5 Å². The third kappa shape index (κ3) is 3.25. The van der Waals surface area contributed by atoms with Crippen molar-refractivity contribution in [2.24, 2.45) is 0 Å². The largest absolute Gasteiger partial charge is 0.479 e. The van der Waals surface area contributed by atoms with Crippen LogP contribution in [0.2, 0.25) is 0 Å². The maximum atomic E-state index is 10.9. The Balaban J connectivity index is 2.03. The summed E-state index contributed by atoms with van der Waals surface area (Å²) in [7, 11) is 0. The minimum absolute atomic E-state index is 0.206. The van der Waals surface area contributed by atoms with Gasteiger partial charge < -0.3 is 20.3 Å². The van der Waals surface area contributed by atoms with Gasteiger partial charge in [0.15, 0.2) is 6.10 Å². The number of nitrogen functional groups attached to an aromatic ring is 1. The molecule has 0 saturated heterocycles. The first-order chi connectivity index (χ1) is 12.0. The maximum absolute atomic E-state index is 10.9. The summed E-state index contributed by atoms with van der Waals surface area (Å²) < 4.78 is 10.9. The maximum Gasteiger partial charge on any atom is 0.344 e. The number of aliphatic carboxylic acids is 1. The quantitative estimate of drug-likeness (QED) is 0.875. The number of ether oxygens (including phenoxy) is 2. The zero-order chi connectivity index (χ0) is 18.0. The fraction of sp³-hybridized carbons (Fsp3) is 0.278. The van der Waals surface area contributed by atoms with Gasteiger partial charge in [0.1, 0.15) is 23.2 Å². The van der Waals surface area contributed by atoms with Crippen molar-refractivity contribution in [2.75, 3.05) is 12.3 Å². The first kappa shape index (κ1) is 16.7. The number of nitriles is 1. The monoisotopic (exact) mass is 339 g/mol. The Morgan fingerprint density at radius 2 is 2.16 bits per heavy atom. The third-order valence-corrected chi connectivity index (χ3v) is 4.06. The lowest BCUT2D eigenvalue weighted by Crippen LogP contribution is -2.22. The Morgan fingerprint density at radius 3 is 2.80 bits per heavy atom. The molecule has 1 unspecified atom stereocenters. The van der Waals surface area contributed by atoms with Gasteiger partial charge in [-0.1, -0.05) is 12.1 Å². The summed E-state index contributed by atoms with van der Waals surface area (Å²) >= 11 is 0. The van der Waals surface area contributed by atoms with Gasteiger partial charge in [-0.05, 0) is 24.6 Å². The Morgan fingerprint density at radius 1 is 1.44 bits per heavy atom. The summed E-state index contributed by atoms with van der Waals surface area (Å²) in [6.07, 6.45) is -0.298. The molecule has 0 aliphatic carbocycles. The molecule has 2 aromatic rings. The Hall–Kier alpha value is -3.11. The predicted molar refractivity (Wildman–Crippen MR) is 89.9 cm³/mol. The number of carbonyl (C=O) groups is 1. The number of aromatic nitrogens is 1. The molecule has 1 aromatic heterocycles. The Bertz CT molecular complexity index is 856. The van der Waals surface area contributed by atoms with Crippen LogP contribution >= 0.6 is 0 Å². The molecular formula is C18H17N3O4. The molecule has 128 valence electrons. The zero-order valence-corrected chi connectivity index (χ0v) is 13.7. The number of nitrogens with zero attached hydrogens (tertiary/aromatic N) is 2. The molecule has 0 spiro atoms. The average molecular weight is 339 g/mol. The van der Waals surface area contributed by atoms with Crippen molar-refractivity contribution in [2.45, 2.75) is 26.1 Å². The fourth-order valence-corrected chi connectivity index (χ4v) is 2.78. The molecule has 0 saturated carbocycles. The number of rotatable bonds is 4. The first-order valence-electron chi connectivity index (χ1n) is 7.80. The minimum Gasteiger partial charge on any atom is -0.479 e. The summed E-state index contributed by atoms with van der Waals surface area (Å²) in [5, 5.41) is 18.4. The molecule has 1 aromatic carbocycles. The van der Waals surface area contributed by atoms with Crippen molar-refractivity contribution in [1.29, 1.82) is 5.26 Å². The zero-order valence-electron chi connectivity index (χ0n) is 13.7. The molecule has 1 aliphatic rings. The predicted octanol–water partition coefficient (Wildman–Crippen LogP) is 2.13. The summed E-state index contributed by atoms with van der Waals surface area (Å²) in [6, 6.07) is 9.01. The highest BCUT2D eigenvalue weighted by Crippen LogP contribution is 2.35. The number of hydrogen-bond donors (Lipinski definition) is 2. The van der Waals surface area contributed by atoms with E-state index < -0.39 is 12.1 Å². The smallest absolute Gasteiger partial charge is 0.344 e. The molecule has 25 heavy (non-hydrogen) atoms. The van der Waals surface area contributed by atoms with Gasteiger partial charge in [-0.3, -0.25) is 0 Å². The molecule has 3 N–H and O–H groups in total. The molecule has 1 aliphatic heterocycles. The van der Waals surface area contributed by atoms with E-state index in [9.17, 15) is 10.1 Å². The van der Waals surface area contributed by atoms with E-state index in [1.807, 2.05) is 0 Å². The van der Waals surface area contributed by atoms with Crippen LogP contribution in [0.15, 0.2) is 24.3 Å². The fourth-order valence-electron chi connectivity index (χ4n) is 2.78. The average Bonchev–Trinajstić information content (AvgIpc) is 2.61. The standard InChI is InChI=1S/C18H17N3O4/c1-10(18(22)23)25-12-4-2-11(3-5-12)16-13(8-19)17(20)21-15-6-7-24-9-14(15)16/h2-5,10H,6-7,9H2,1H3,(H2,20,21)(H,22,23). The molecule has 1 atom stereocenters. The molecular weight excluding hydrogens is 322 g/mol. The van der Waals surface area contributed by atoms with Crippen LogP contribution in [0, 0.1) is 11.3 Å².